The number of esters is 3. The molecule has 6 nitrogen and oxygen atoms in total. The van der Waals surface area contributed by atoms with Gasteiger partial charge in [0, 0.05) is 19.3 Å². The monoisotopic (exact) mass is 805 g/mol. The summed E-state index contributed by atoms with van der Waals surface area (Å²) >= 11 is 0. The molecule has 0 heterocycles. The van der Waals surface area contributed by atoms with Gasteiger partial charge in [0.15, 0.2) is 6.10 Å². The first-order valence-electron chi connectivity index (χ1n) is 25.2. The molecule has 1 unspecified atom stereocenters. The van der Waals surface area contributed by atoms with Crippen LogP contribution in [0, 0.1) is 0 Å². The quantitative estimate of drug-likeness (QED) is 0.0264. The van der Waals surface area contributed by atoms with E-state index in [2.05, 4.69) is 32.9 Å². The van der Waals surface area contributed by atoms with E-state index in [1.165, 1.54) is 161 Å². The van der Waals surface area contributed by atoms with Crippen LogP contribution in [0.2, 0.25) is 0 Å². The van der Waals surface area contributed by atoms with Crippen LogP contribution in [-0.2, 0) is 28.6 Å². The zero-order valence-electron chi connectivity index (χ0n) is 38.4. The molecule has 0 rings (SSSR count). The molecular formula is C51H96O6. The van der Waals surface area contributed by atoms with Crippen LogP contribution in [-0.4, -0.2) is 37.2 Å². The van der Waals surface area contributed by atoms with Crippen molar-refractivity contribution in [3.8, 4) is 0 Å². The molecule has 0 aliphatic carbocycles. The Morgan fingerprint density at radius 3 is 0.930 bits per heavy atom. The van der Waals surface area contributed by atoms with Crippen molar-refractivity contribution in [2.45, 2.75) is 284 Å². The van der Waals surface area contributed by atoms with Gasteiger partial charge in [-0.1, -0.05) is 232 Å². The van der Waals surface area contributed by atoms with Gasteiger partial charge in [-0.15, -0.1) is 0 Å². The molecule has 0 N–H and O–H groups in total. The Kier molecular flexibility index (Phi) is 45.3. The fourth-order valence-electron chi connectivity index (χ4n) is 7.42. The van der Waals surface area contributed by atoms with Crippen molar-refractivity contribution < 1.29 is 28.6 Å². The first-order valence-corrected chi connectivity index (χ1v) is 25.2. The minimum Gasteiger partial charge on any atom is -0.462 e. The summed E-state index contributed by atoms with van der Waals surface area (Å²) in [5.74, 6) is -0.870. The number of carbonyl (C=O) groups excluding carboxylic acids is 3. The minimum absolute atomic E-state index is 0.0685. The van der Waals surface area contributed by atoms with Gasteiger partial charge in [0.25, 0.3) is 0 Å². The lowest BCUT2D eigenvalue weighted by Crippen LogP contribution is -2.30. The minimum atomic E-state index is -0.766. The molecule has 0 radical (unpaired) electrons. The average Bonchev–Trinajstić information content (AvgIpc) is 3.21. The summed E-state index contributed by atoms with van der Waals surface area (Å²) in [5.41, 5.74) is 0. The SMILES string of the molecule is CCCC/C=C\CCCCCCC(=O)OCC(COC(=O)CCCCCCCCCCCCCCCCCCCC)OC(=O)CCCCCCCCCCCCC. The third-order valence-electron chi connectivity index (χ3n) is 11.3. The Morgan fingerprint density at radius 1 is 0.333 bits per heavy atom. The third-order valence-corrected chi connectivity index (χ3v) is 11.3. The lowest BCUT2D eigenvalue weighted by Gasteiger charge is -2.18. The van der Waals surface area contributed by atoms with E-state index in [-0.39, 0.29) is 31.1 Å². The van der Waals surface area contributed by atoms with Crippen LogP contribution < -0.4 is 0 Å². The summed E-state index contributed by atoms with van der Waals surface area (Å²) in [4.78, 5) is 37.8. The lowest BCUT2D eigenvalue weighted by molar-refractivity contribution is -0.167. The summed E-state index contributed by atoms with van der Waals surface area (Å²) in [6.07, 6.45) is 50.6. The van der Waals surface area contributed by atoms with Crippen molar-refractivity contribution in [3.63, 3.8) is 0 Å². The van der Waals surface area contributed by atoms with Gasteiger partial charge in [-0.3, -0.25) is 14.4 Å². The second-order valence-corrected chi connectivity index (χ2v) is 17.1. The van der Waals surface area contributed by atoms with Crippen LogP contribution in [0.1, 0.15) is 278 Å². The van der Waals surface area contributed by atoms with Crippen LogP contribution in [0.25, 0.3) is 0 Å². The summed E-state index contributed by atoms with van der Waals surface area (Å²) in [6.45, 7) is 6.61. The fraction of sp³-hybridized carbons (Fsp3) is 0.902. The number of carbonyl (C=O) groups is 3. The van der Waals surface area contributed by atoms with Crippen molar-refractivity contribution in [1.29, 1.82) is 0 Å². The molecule has 0 saturated heterocycles. The van der Waals surface area contributed by atoms with Gasteiger partial charge in [0.1, 0.15) is 13.2 Å². The smallest absolute Gasteiger partial charge is 0.306 e. The highest BCUT2D eigenvalue weighted by molar-refractivity contribution is 5.71. The van der Waals surface area contributed by atoms with Crippen LogP contribution in [0.5, 0.6) is 0 Å². The summed E-state index contributed by atoms with van der Waals surface area (Å²) in [7, 11) is 0. The number of hydrogen-bond donors (Lipinski definition) is 0. The topological polar surface area (TPSA) is 78.9 Å². The summed E-state index contributed by atoms with van der Waals surface area (Å²) in [6, 6.07) is 0. The fourth-order valence-corrected chi connectivity index (χ4v) is 7.42. The number of ether oxygens (including phenoxy) is 3. The molecule has 0 aromatic heterocycles. The molecule has 0 saturated carbocycles. The standard InChI is InChI=1S/C51H96O6/c1-4-7-10-13-16-19-22-23-24-25-26-27-28-30-32-35-38-41-44-50(53)56-47-48(46-55-49(52)43-40-37-34-31-21-18-15-12-9-6-3)57-51(54)45-42-39-36-33-29-20-17-14-11-8-5-2/h15,18,48H,4-14,16-17,19-47H2,1-3H3/b18-15-. The second kappa shape index (κ2) is 46.8. The maximum atomic E-state index is 12.7. The summed E-state index contributed by atoms with van der Waals surface area (Å²) in [5, 5.41) is 0. The van der Waals surface area contributed by atoms with E-state index < -0.39 is 6.10 Å². The highest BCUT2D eigenvalue weighted by Gasteiger charge is 2.19. The first-order chi connectivity index (χ1) is 28.0. The van der Waals surface area contributed by atoms with E-state index in [0.29, 0.717) is 19.3 Å². The summed E-state index contributed by atoms with van der Waals surface area (Å²) < 4.78 is 16.7. The molecule has 0 aromatic carbocycles. The Bertz CT molecular complexity index is 885. The maximum absolute atomic E-state index is 12.7. The highest BCUT2D eigenvalue weighted by Crippen LogP contribution is 2.16. The molecule has 336 valence electrons. The molecule has 0 aliphatic heterocycles. The van der Waals surface area contributed by atoms with Gasteiger partial charge in [-0.2, -0.15) is 0 Å². The van der Waals surface area contributed by atoms with Crippen molar-refractivity contribution in [2.75, 3.05) is 13.2 Å². The van der Waals surface area contributed by atoms with Crippen LogP contribution in [0.15, 0.2) is 12.2 Å². The Labute approximate surface area is 354 Å². The molecule has 1 atom stereocenters. The highest BCUT2D eigenvalue weighted by atomic mass is 16.6. The van der Waals surface area contributed by atoms with Gasteiger partial charge in [-0.05, 0) is 38.5 Å². The van der Waals surface area contributed by atoms with Gasteiger partial charge in [0.05, 0.1) is 0 Å². The molecule has 6 heteroatoms. The molecule has 0 bridgehead atoms. The van der Waals surface area contributed by atoms with Gasteiger partial charge >= 0.3 is 17.9 Å². The first kappa shape index (κ1) is 55.2. The zero-order valence-corrected chi connectivity index (χ0v) is 38.4. The predicted molar refractivity (Wildman–Crippen MR) is 243 cm³/mol. The number of unbranched alkanes of at least 4 members (excludes halogenated alkanes) is 33. The molecule has 0 spiro atoms. The molecule has 0 aliphatic rings. The molecule has 0 amide bonds. The normalized spacial score (nSPS) is 12.0. The van der Waals surface area contributed by atoms with Crippen LogP contribution >= 0.6 is 0 Å². The zero-order chi connectivity index (χ0) is 41.5. The molecule has 0 aromatic rings. The molecule has 57 heavy (non-hydrogen) atoms. The average molecular weight is 805 g/mol. The Balaban J connectivity index is 4.24. The van der Waals surface area contributed by atoms with Crippen molar-refractivity contribution >= 4 is 17.9 Å². The van der Waals surface area contributed by atoms with E-state index >= 15 is 0 Å². The molecular weight excluding hydrogens is 709 g/mol. The van der Waals surface area contributed by atoms with Gasteiger partial charge in [-0.25, -0.2) is 0 Å². The van der Waals surface area contributed by atoms with E-state index in [0.717, 1.165) is 77.0 Å². The van der Waals surface area contributed by atoms with Crippen molar-refractivity contribution in [1.82, 2.24) is 0 Å². The van der Waals surface area contributed by atoms with Crippen molar-refractivity contribution in [3.05, 3.63) is 12.2 Å². The van der Waals surface area contributed by atoms with Crippen LogP contribution in [0.3, 0.4) is 0 Å². The Hall–Kier alpha value is -1.85. The predicted octanol–water partition coefficient (Wildman–Crippen LogP) is 16.2. The van der Waals surface area contributed by atoms with E-state index in [4.69, 9.17) is 14.2 Å². The van der Waals surface area contributed by atoms with E-state index in [1.54, 1.807) is 0 Å². The van der Waals surface area contributed by atoms with E-state index in [1.807, 2.05) is 0 Å². The van der Waals surface area contributed by atoms with Crippen molar-refractivity contribution in [2.24, 2.45) is 0 Å². The number of allylic oxidation sites excluding steroid dienone is 2. The van der Waals surface area contributed by atoms with Crippen LogP contribution in [0.4, 0.5) is 0 Å². The molecule has 0 fully saturated rings. The number of rotatable bonds is 46. The van der Waals surface area contributed by atoms with Gasteiger partial charge < -0.3 is 14.2 Å². The second-order valence-electron chi connectivity index (χ2n) is 17.1. The third kappa shape index (κ3) is 45.1. The maximum Gasteiger partial charge on any atom is 0.306 e. The lowest BCUT2D eigenvalue weighted by atomic mass is 10.0. The van der Waals surface area contributed by atoms with E-state index in [9.17, 15) is 14.4 Å². The largest absolute Gasteiger partial charge is 0.462 e. The Morgan fingerprint density at radius 2 is 0.596 bits per heavy atom. The van der Waals surface area contributed by atoms with Gasteiger partial charge in [0.2, 0.25) is 0 Å². The number of hydrogen-bond acceptors (Lipinski definition) is 6.